The highest BCUT2D eigenvalue weighted by molar-refractivity contribution is 9.10. The van der Waals surface area contributed by atoms with Crippen LogP contribution in [0.1, 0.15) is 285 Å². The van der Waals surface area contributed by atoms with Crippen LogP contribution in [0, 0.1) is 0 Å². The van der Waals surface area contributed by atoms with E-state index >= 15 is 0 Å². The Bertz CT molecular complexity index is 2330. The molecular formula is C70H104B2Br2O4. The van der Waals surface area contributed by atoms with Crippen molar-refractivity contribution in [1.82, 2.24) is 0 Å². The number of fused-ring (bicyclic) bond motifs is 6. The number of hydrogen-bond acceptors (Lipinski definition) is 4. The van der Waals surface area contributed by atoms with Gasteiger partial charge in [0, 0.05) is 19.8 Å². The van der Waals surface area contributed by atoms with Gasteiger partial charge in [-0.25, -0.2) is 0 Å². The molecule has 428 valence electrons. The average Bonchev–Trinajstić information content (AvgIpc) is 4.17. The quantitative estimate of drug-likeness (QED) is 0.0385. The fraction of sp³-hybridized carbons (Fsp3) is 0.657. The van der Waals surface area contributed by atoms with Crippen LogP contribution >= 0.6 is 31.9 Å². The van der Waals surface area contributed by atoms with Gasteiger partial charge in [-0.2, -0.15) is 0 Å². The van der Waals surface area contributed by atoms with Gasteiger partial charge in [-0.1, -0.05) is 262 Å². The third-order valence-corrected chi connectivity index (χ3v) is 20.6. The fourth-order valence-electron chi connectivity index (χ4n) is 13.4. The predicted molar refractivity (Wildman–Crippen MR) is 344 cm³/mol. The van der Waals surface area contributed by atoms with Gasteiger partial charge in [0.25, 0.3) is 0 Å². The largest absolute Gasteiger partial charge is 0.494 e. The van der Waals surface area contributed by atoms with E-state index in [1.807, 2.05) is 0 Å². The van der Waals surface area contributed by atoms with Crippen LogP contribution in [0.5, 0.6) is 0 Å². The van der Waals surface area contributed by atoms with Crippen LogP contribution in [0.4, 0.5) is 0 Å². The minimum atomic E-state index is -0.370. The summed E-state index contributed by atoms with van der Waals surface area (Å²) in [4.78, 5) is 0. The van der Waals surface area contributed by atoms with Crippen LogP contribution in [0.3, 0.4) is 0 Å². The Labute approximate surface area is 494 Å². The first kappa shape index (κ1) is 63.4. The van der Waals surface area contributed by atoms with E-state index in [1.165, 1.54) is 209 Å². The molecule has 2 aliphatic heterocycles. The molecule has 0 saturated carbocycles. The first-order valence-electron chi connectivity index (χ1n) is 31.9. The molecule has 4 nitrogen and oxygen atoms in total. The van der Waals surface area contributed by atoms with Crippen molar-refractivity contribution in [2.24, 2.45) is 0 Å². The molecule has 2 fully saturated rings. The van der Waals surface area contributed by atoms with Gasteiger partial charge in [-0.15, -0.1) is 0 Å². The van der Waals surface area contributed by atoms with Crippen molar-refractivity contribution in [3.8, 4) is 22.3 Å². The minimum Gasteiger partial charge on any atom is -0.399 e. The van der Waals surface area contributed by atoms with E-state index in [2.05, 4.69) is 188 Å². The summed E-state index contributed by atoms with van der Waals surface area (Å²) in [7, 11) is -0.731. The third kappa shape index (κ3) is 14.6. The second kappa shape index (κ2) is 28.4. The Morgan fingerprint density at radius 3 is 0.808 bits per heavy atom. The molecule has 2 saturated heterocycles. The van der Waals surface area contributed by atoms with Crippen LogP contribution in [0.25, 0.3) is 22.3 Å². The maximum absolute atomic E-state index is 6.60. The summed E-state index contributed by atoms with van der Waals surface area (Å²) >= 11 is 7.57. The van der Waals surface area contributed by atoms with Crippen molar-refractivity contribution in [1.29, 1.82) is 0 Å². The summed E-state index contributed by atoms with van der Waals surface area (Å²) < 4.78 is 28.8. The highest BCUT2D eigenvalue weighted by Crippen LogP contribution is 2.57. The predicted octanol–water partition coefficient (Wildman–Crippen LogP) is 21.0. The number of rotatable bonds is 30. The van der Waals surface area contributed by atoms with Gasteiger partial charge in [0.15, 0.2) is 0 Å². The first-order valence-corrected chi connectivity index (χ1v) is 33.5. The maximum atomic E-state index is 6.60. The zero-order valence-corrected chi connectivity index (χ0v) is 54.4. The molecule has 8 rings (SSSR count). The molecule has 0 amide bonds. The van der Waals surface area contributed by atoms with Gasteiger partial charge in [-0.05, 0) is 161 Å². The van der Waals surface area contributed by atoms with E-state index in [0.717, 1.165) is 23.8 Å². The van der Waals surface area contributed by atoms with Crippen molar-refractivity contribution < 1.29 is 18.6 Å². The molecule has 0 radical (unpaired) electrons. The molecule has 4 aliphatic rings. The van der Waals surface area contributed by atoms with Gasteiger partial charge < -0.3 is 18.6 Å². The van der Waals surface area contributed by atoms with Crippen LogP contribution < -0.4 is 10.9 Å². The molecule has 0 aromatic heterocycles. The molecule has 0 bridgehead atoms. The Balaban J connectivity index is 0.000000246. The van der Waals surface area contributed by atoms with E-state index < -0.39 is 0 Å². The Kier molecular flexibility index (Phi) is 23.1. The molecule has 0 unspecified atom stereocenters. The number of hydrogen-bond donors (Lipinski definition) is 0. The SMILES string of the molecule is CCCCCCCCC1(CCCCCCCC)c2cc(B3OC(C)(C)C(C)(C)O3)ccc2-c2ccc(B3OC(C)(C)C(C)(C)O3)cc21.CCCCCCCCC1(CCCCCCCC)c2cc(Br)ccc2-c2ccc(Br)cc21. The van der Waals surface area contributed by atoms with Gasteiger partial charge in [0.1, 0.15) is 0 Å². The van der Waals surface area contributed by atoms with Gasteiger partial charge in [-0.3, -0.25) is 0 Å². The minimum absolute atomic E-state index is 0.0561. The molecule has 0 atom stereocenters. The number of unbranched alkanes of at least 4 members (excludes halogenated alkanes) is 20. The monoisotopic (exact) mass is 1190 g/mol. The Morgan fingerprint density at radius 2 is 0.538 bits per heavy atom. The van der Waals surface area contributed by atoms with Crippen molar-refractivity contribution >= 4 is 57.0 Å². The molecule has 4 aromatic carbocycles. The summed E-state index contributed by atoms with van der Waals surface area (Å²) in [6.07, 6.45) is 36.9. The zero-order chi connectivity index (χ0) is 56.2. The molecule has 8 heteroatoms. The molecule has 0 N–H and O–H groups in total. The summed E-state index contributed by atoms with van der Waals surface area (Å²) in [5, 5.41) is 0. The first-order chi connectivity index (χ1) is 37.3. The lowest BCUT2D eigenvalue weighted by Gasteiger charge is -2.33. The summed E-state index contributed by atoms with van der Waals surface area (Å²) in [6, 6.07) is 28.1. The Morgan fingerprint density at radius 1 is 0.308 bits per heavy atom. The van der Waals surface area contributed by atoms with Crippen molar-refractivity contribution in [2.75, 3.05) is 0 Å². The molecular weight excluding hydrogens is 1090 g/mol. The van der Waals surface area contributed by atoms with Crippen LogP contribution in [-0.2, 0) is 29.4 Å². The molecule has 0 spiro atoms. The smallest absolute Gasteiger partial charge is 0.399 e. The lowest BCUT2D eigenvalue weighted by atomic mass is 9.67. The molecule has 78 heavy (non-hydrogen) atoms. The topological polar surface area (TPSA) is 36.9 Å². The summed E-state index contributed by atoms with van der Waals surface area (Å²) in [5.41, 5.74) is 12.6. The normalized spacial score (nSPS) is 18.4. The van der Waals surface area contributed by atoms with Crippen molar-refractivity contribution in [3.05, 3.63) is 104 Å². The third-order valence-electron chi connectivity index (χ3n) is 19.6. The molecule has 2 heterocycles. The highest BCUT2D eigenvalue weighted by Gasteiger charge is 2.54. The summed E-state index contributed by atoms with van der Waals surface area (Å²) in [6.45, 7) is 26.4. The second-order valence-electron chi connectivity index (χ2n) is 26.4. The molecule has 2 aliphatic carbocycles. The molecule has 4 aromatic rings. The van der Waals surface area contributed by atoms with Gasteiger partial charge in [0.2, 0.25) is 0 Å². The zero-order valence-electron chi connectivity index (χ0n) is 51.3. The van der Waals surface area contributed by atoms with Crippen LogP contribution in [0.2, 0.25) is 0 Å². The van der Waals surface area contributed by atoms with E-state index in [4.69, 9.17) is 18.6 Å². The average molecular weight is 1190 g/mol. The maximum Gasteiger partial charge on any atom is 0.494 e. The van der Waals surface area contributed by atoms with E-state index in [0.29, 0.717) is 0 Å². The number of benzene rings is 4. The second-order valence-corrected chi connectivity index (χ2v) is 28.2. The van der Waals surface area contributed by atoms with E-state index in [-0.39, 0.29) is 47.5 Å². The summed E-state index contributed by atoms with van der Waals surface area (Å²) in [5.74, 6) is 0. The van der Waals surface area contributed by atoms with Crippen molar-refractivity contribution in [3.63, 3.8) is 0 Å². The van der Waals surface area contributed by atoms with E-state index in [1.54, 1.807) is 11.1 Å². The highest BCUT2D eigenvalue weighted by atomic mass is 79.9. The fourth-order valence-corrected chi connectivity index (χ4v) is 14.1. The number of halogens is 2. The van der Waals surface area contributed by atoms with Crippen LogP contribution in [-0.4, -0.2) is 36.6 Å². The van der Waals surface area contributed by atoms with Gasteiger partial charge >= 0.3 is 14.2 Å². The van der Waals surface area contributed by atoms with E-state index in [9.17, 15) is 0 Å². The lowest BCUT2D eigenvalue weighted by Crippen LogP contribution is -2.41. The van der Waals surface area contributed by atoms with Crippen molar-refractivity contribution in [2.45, 2.75) is 296 Å². The van der Waals surface area contributed by atoms with Crippen LogP contribution in [0.15, 0.2) is 81.7 Å². The Hall–Kier alpha value is -2.19. The standard InChI is InChI=1S/C41H64B2O4.C29H40Br2/c1-11-13-15-17-19-21-27-41(28-22-20-18-16-14-12-2)35-29-31(42-44-37(3,4)38(5,6)45-42)23-25-33(35)34-26-24-32(30-36(34)41)43-46-39(7,8)40(9,10)47-43;1-3-5-7-9-11-13-19-29(20-14-12-10-8-6-4-2)27-21-23(30)15-17-25(27)26-18-16-24(31)22-28(26)29/h23-26,29-30H,11-22,27-28H2,1-10H3;15-18,21-22H,3-14,19-20H2,1-2H3. The van der Waals surface area contributed by atoms with Gasteiger partial charge in [0.05, 0.1) is 22.4 Å². The lowest BCUT2D eigenvalue weighted by molar-refractivity contribution is 0.00578.